The molecule has 3 N–H and O–H groups in total. The van der Waals surface area contributed by atoms with E-state index >= 15 is 0 Å². The van der Waals surface area contributed by atoms with E-state index < -0.39 is 10.2 Å². The molecule has 0 radical (unpaired) electrons. The molecule has 0 spiro atoms. The van der Waals surface area contributed by atoms with Gasteiger partial charge in [-0.05, 0) is 17.7 Å². The number of nitrogens with one attached hydrogen (secondary N) is 1. The van der Waals surface area contributed by atoms with Gasteiger partial charge < -0.3 is 10.5 Å². The molecule has 1 aromatic carbocycles. The first-order valence-corrected chi connectivity index (χ1v) is 7.19. The first kappa shape index (κ1) is 13.3. The van der Waals surface area contributed by atoms with Gasteiger partial charge in [-0.15, -0.1) is 0 Å². The van der Waals surface area contributed by atoms with Crippen LogP contribution in [0.5, 0.6) is 0 Å². The molecule has 2 rings (SSSR count). The summed E-state index contributed by atoms with van der Waals surface area (Å²) >= 11 is 0. The van der Waals surface area contributed by atoms with E-state index in [1.54, 1.807) is 24.3 Å². The van der Waals surface area contributed by atoms with Crippen LogP contribution >= 0.6 is 0 Å². The van der Waals surface area contributed by atoms with Crippen LogP contribution in [-0.4, -0.2) is 39.0 Å². The van der Waals surface area contributed by atoms with Crippen molar-refractivity contribution in [3.8, 4) is 0 Å². The van der Waals surface area contributed by atoms with Gasteiger partial charge in [-0.25, -0.2) is 0 Å². The van der Waals surface area contributed by atoms with Crippen LogP contribution in [0.1, 0.15) is 5.56 Å². The number of ether oxygens (including phenoxy) is 1. The van der Waals surface area contributed by atoms with Crippen molar-refractivity contribution >= 4 is 15.9 Å². The Balaban J connectivity index is 1.94. The van der Waals surface area contributed by atoms with Crippen LogP contribution in [-0.2, 0) is 21.5 Å². The molecule has 0 atom stereocenters. The minimum atomic E-state index is -3.42. The van der Waals surface area contributed by atoms with Gasteiger partial charge in [0, 0.05) is 25.3 Å². The van der Waals surface area contributed by atoms with E-state index in [9.17, 15) is 8.42 Å². The van der Waals surface area contributed by atoms with Crippen LogP contribution in [0.4, 0.5) is 5.69 Å². The molecule has 1 aliphatic heterocycles. The zero-order valence-electron chi connectivity index (χ0n) is 10.0. The van der Waals surface area contributed by atoms with E-state index in [0.29, 0.717) is 32.0 Å². The second-order valence-corrected chi connectivity index (χ2v) is 5.83. The molecule has 1 fully saturated rings. The third-order valence-corrected chi connectivity index (χ3v) is 4.30. The minimum Gasteiger partial charge on any atom is -0.399 e. The van der Waals surface area contributed by atoms with Crippen molar-refractivity contribution < 1.29 is 13.2 Å². The predicted molar refractivity (Wildman–Crippen MR) is 69.0 cm³/mol. The Hall–Kier alpha value is -1.15. The molecule has 1 saturated heterocycles. The number of nitrogen functional groups attached to an aromatic ring is 1. The lowest BCUT2D eigenvalue weighted by Gasteiger charge is -2.26. The van der Waals surface area contributed by atoms with Crippen molar-refractivity contribution in [2.75, 3.05) is 32.0 Å². The third kappa shape index (κ3) is 3.42. The Morgan fingerprint density at radius 2 is 1.83 bits per heavy atom. The van der Waals surface area contributed by atoms with Gasteiger partial charge in [0.1, 0.15) is 0 Å². The van der Waals surface area contributed by atoms with Gasteiger partial charge >= 0.3 is 0 Å². The predicted octanol–water partition coefficient (Wildman–Crippen LogP) is -0.0646. The van der Waals surface area contributed by atoms with Crippen LogP contribution in [0.25, 0.3) is 0 Å². The van der Waals surface area contributed by atoms with Crippen molar-refractivity contribution in [2.45, 2.75) is 6.54 Å². The number of nitrogens with two attached hydrogens (primary N) is 1. The van der Waals surface area contributed by atoms with E-state index in [0.717, 1.165) is 5.56 Å². The maximum atomic E-state index is 12.0. The van der Waals surface area contributed by atoms with Gasteiger partial charge in [0.15, 0.2) is 0 Å². The van der Waals surface area contributed by atoms with Gasteiger partial charge in [0.2, 0.25) is 0 Å². The summed E-state index contributed by atoms with van der Waals surface area (Å²) in [6.07, 6.45) is 0. The highest BCUT2D eigenvalue weighted by Gasteiger charge is 2.23. The lowest BCUT2D eigenvalue weighted by Crippen LogP contribution is -2.46. The van der Waals surface area contributed by atoms with Crippen molar-refractivity contribution in [2.24, 2.45) is 0 Å². The summed E-state index contributed by atoms with van der Waals surface area (Å²) in [6.45, 7) is 1.96. The van der Waals surface area contributed by atoms with Gasteiger partial charge in [-0.1, -0.05) is 12.1 Å². The zero-order valence-corrected chi connectivity index (χ0v) is 10.8. The highest BCUT2D eigenvalue weighted by Crippen LogP contribution is 2.07. The van der Waals surface area contributed by atoms with Crippen molar-refractivity contribution in [3.05, 3.63) is 29.8 Å². The van der Waals surface area contributed by atoms with Crippen LogP contribution in [0.3, 0.4) is 0 Å². The maximum Gasteiger partial charge on any atom is 0.279 e. The Labute approximate surface area is 107 Å². The number of benzene rings is 1. The van der Waals surface area contributed by atoms with E-state index in [-0.39, 0.29) is 6.54 Å². The molecule has 0 aliphatic carbocycles. The smallest absolute Gasteiger partial charge is 0.279 e. The van der Waals surface area contributed by atoms with Crippen molar-refractivity contribution in [1.82, 2.24) is 9.03 Å². The van der Waals surface area contributed by atoms with E-state index in [2.05, 4.69) is 4.72 Å². The monoisotopic (exact) mass is 271 g/mol. The third-order valence-electron chi connectivity index (χ3n) is 2.75. The van der Waals surface area contributed by atoms with Gasteiger partial charge in [0.25, 0.3) is 10.2 Å². The maximum absolute atomic E-state index is 12.0. The summed E-state index contributed by atoms with van der Waals surface area (Å²) in [5.74, 6) is 0. The number of rotatable bonds is 4. The molecule has 0 amide bonds. The molecular formula is C11H17N3O3S. The Kier molecular flexibility index (Phi) is 4.18. The van der Waals surface area contributed by atoms with Crippen LogP contribution in [0, 0.1) is 0 Å². The SMILES string of the molecule is Nc1ccc(CNS(=O)(=O)N2CCOCC2)cc1. The molecule has 0 aromatic heterocycles. The Bertz CT molecular complexity index is 481. The highest BCUT2D eigenvalue weighted by molar-refractivity contribution is 7.87. The molecule has 100 valence electrons. The van der Waals surface area contributed by atoms with Crippen molar-refractivity contribution in [1.29, 1.82) is 0 Å². The summed E-state index contributed by atoms with van der Waals surface area (Å²) in [5.41, 5.74) is 7.10. The fraction of sp³-hybridized carbons (Fsp3) is 0.455. The average molecular weight is 271 g/mol. The molecule has 1 aromatic rings. The number of morpholine rings is 1. The molecule has 1 aliphatic rings. The fourth-order valence-corrected chi connectivity index (χ4v) is 2.85. The number of hydrogen-bond acceptors (Lipinski definition) is 4. The van der Waals surface area contributed by atoms with Crippen LogP contribution in [0.15, 0.2) is 24.3 Å². The quantitative estimate of drug-likeness (QED) is 0.751. The van der Waals surface area contributed by atoms with E-state index in [1.807, 2.05) is 0 Å². The molecular weight excluding hydrogens is 254 g/mol. The minimum absolute atomic E-state index is 0.264. The molecule has 0 bridgehead atoms. The lowest BCUT2D eigenvalue weighted by atomic mass is 10.2. The normalized spacial score (nSPS) is 17.8. The molecule has 6 nitrogen and oxygen atoms in total. The van der Waals surface area contributed by atoms with Gasteiger partial charge in [-0.3, -0.25) is 0 Å². The Morgan fingerprint density at radius 3 is 2.44 bits per heavy atom. The summed E-state index contributed by atoms with van der Waals surface area (Å²) in [6, 6.07) is 7.10. The Morgan fingerprint density at radius 1 is 1.22 bits per heavy atom. The summed E-state index contributed by atoms with van der Waals surface area (Å²) < 4.78 is 33.0. The first-order chi connectivity index (χ1) is 8.58. The molecule has 0 unspecified atom stereocenters. The molecule has 0 saturated carbocycles. The van der Waals surface area contributed by atoms with E-state index in [1.165, 1.54) is 4.31 Å². The summed E-state index contributed by atoms with van der Waals surface area (Å²) in [7, 11) is -3.42. The number of anilines is 1. The van der Waals surface area contributed by atoms with Crippen LogP contribution in [0.2, 0.25) is 0 Å². The van der Waals surface area contributed by atoms with E-state index in [4.69, 9.17) is 10.5 Å². The second-order valence-electron chi connectivity index (χ2n) is 4.08. The lowest BCUT2D eigenvalue weighted by molar-refractivity contribution is 0.0725. The summed E-state index contributed by atoms with van der Waals surface area (Å²) in [4.78, 5) is 0. The summed E-state index contributed by atoms with van der Waals surface area (Å²) in [5, 5.41) is 0. The van der Waals surface area contributed by atoms with Crippen molar-refractivity contribution in [3.63, 3.8) is 0 Å². The second kappa shape index (κ2) is 5.66. The topological polar surface area (TPSA) is 84.7 Å². The molecule has 7 heteroatoms. The average Bonchev–Trinajstić information content (AvgIpc) is 2.39. The van der Waals surface area contributed by atoms with Gasteiger partial charge in [0.05, 0.1) is 13.2 Å². The van der Waals surface area contributed by atoms with Gasteiger partial charge in [-0.2, -0.15) is 17.4 Å². The number of hydrogen-bond donors (Lipinski definition) is 2. The van der Waals surface area contributed by atoms with Crippen LogP contribution < -0.4 is 10.5 Å². The first-order valence-electron chi connectivity index (χ1n) is 5.75. The standard InChI is InChI=1S/C11H17N3O3S/c12-11-3-1-10(2-4-11)9-13-18(15,16)14-5-7-17-8-6-14/h1-4,13H,5-9,12H2. The molecule has 18 heavy (non-hydrogen) atoms. The highest BCUT2D eigenvalue weighted by atomic mass is 32.2. The zero-order chi connectivity index (χ0) is 13.0. The number of nitrogens with zero attached hydrogens (tertiary/aromatic N) is 1. The fourth-order valence-electron chi connectivity index (χ4n) is 1.69. The largest absolute Gasteiger partial charge is 0.399 e. The molecule has 1 heterocycles.